The van der Waals surface area contributed by atoms with Gasteiger partial charge in [0.15, 0.2) is 0 Å². The van der Waals surface area contributed by atoms with E-state index in [-0.39, 0.29) is 0 Å². The zero-order valence-corrected chi connectivity index (χ0v) is 5.27. The Morgan fingerprint density at radius 2 is 2.29 bits per heavy atom. The quantitative estimate of drug-likeness (QED) is 0.540. The minimum absolute atomic E-state index is 1.01. The lowest BCUT2D eigenvalue weighted by Gasteiger charge is -1.79. The Balaban J connectivity index is 3.02. The average Bonchev–Trinajstić information content (AvgIpc) is 1.69. The smallest absolute Gasteiger partial charge is 0.0254 e. The fourth-order valence-electron chi connectivity index (χ4n) is 0.371. The van der Waals surface area contributed by atoms with Crippen LogP contribution in [0.2, 0.25) is 0 Å². The molecule has 0 saturated carbocycles. The second-order valence-electron chi connectivity index (χ2n) is 1.21. The molecule has 0 bridgehead atoms. The van der Waals surface area contributed by atoms with E-state index in [0.717, 1.165) is 4.47 Å². The second kappa shape index (κ2) is 2.12. The standard InChI is InChI=1S/C6H4Br/c7-6-4-2-1-3-5-6/h1-4H. The molecule has 35 valence electrons. The molecule has 1 radical (unpaired) electrons. The first-order chi connectivity index (χ1) is 3.39. The van der Waals surface area contributed by atoms with Crippen molar-refractivity contribution in [2.45, 2.75) is 0 Å². The molecule has 0 nitrogen and oxygen atoms in total. The Kier molecular flexibility index (Phi) is 1.47. The Morgan fingerprint density at radius 1 is 1.43 bits per heavy atom. The normalized spacial score (nSPS) is 8.71. The molecule has 0 fully saturated rings. The summed E-state index contributed by atoms with van der Waals surface area (Å²) < 4.78 is 1.01. The van der Waals surface area contributed by atoms with Gasteiger partial charge < -0.3 is 0 Å². The van der Waals surface area contributed by atoms with E-state index in [1.165, 1.54) is 0 Å². The molecule has 0 N–H and O–H groups in total. The lowest BCUT2D eigenvalue weighted by atomic mass is 10.4. The third kappa shape index (κ3) is 1.32. The topological polar surface area (TPSA) is 0 Å². The third-order valence-corrected chi connectivity index (χ3v) is 1.16. The van der Waals surface area contributed by atoms with Crippen LogP contribution < -0.4 is 0 Å². The van der Waals surface area contributed by atoms with Gasteiger partial charge in [-0.1, -0.05) is 34.1 Å². The Hall–Kier alpha value is -0.300. The average molecular weight is 156 g/mol. The molecule has 1 heteroatoms. The van der Waals surface area contributed by atoms with Gasteiger partial charge in [-0.05, 0) is 12.1 Å². The molecule has 0 aromatic heterocycles. The summed E-state index contributed by atoms with van der Waals surface area (Å²) >= 11 is 3.26. The zero-order valence-electron chi connectivity index (χ0n) is 3.69. The summed E-state index contributed by atoms with van der Waals surface area (Å²) in [5.74, 6) is 0. The number of hydrogen-bond acceptors (Lipinski definition) is 0. The highest BCUT2D eigenvalue weighted by atomic mass is 79.9. The zero-order chi connectivity index (χ0) is 5.11. The molecule has 0 aliphatic carbocycles. The molecular formula is C6H4Br. The van der Waals surface area contributed by atoms with Gasteiger partial charge in [-0.15, -0.1) is 0 Å². The van der Waals surface area contributed by atoms with E-state index in [4.69, 9.17) is 0 Å². The molecule has 7 heavy (non-hydrogen) atoms. The fourth-order valence-corrected chi connectivity index (χ4v) is 0.656. The van der Waals surface area contributed by atoms with E-state index in [1.807, 2.05) is 24.3 Å². The number of hydrogen-bond donors (Lipinski definition) is 0. The van der Waals surface area contributed by atoms with Crippen LogP contribution in [-0.4, -0.2) is 0 Å². The summed E-state index contributed by atoms with van der Waals surface area (Å²) in [5, 5.41) is 0. The van der Waals surface area contributed by atoms with Crippen LogP contribution in [0.4, 0.5) is 0 Å². The van der Waals surface area contributed by atoms with E-state index in [0.29, 0.717) is 0 Å². The molecular weight excluding hydrogens is 152 g/mol. The first-order valence-electron chi connectivity index (χ1n) is 2.02. The summed E-state index contributed by atoms with van der Waals surface area (Å²) in [7, 11) is 0. The van der Waals surface area contributed by atoms with Gasteiger partial charge in [0.1, 0.15) is 0 Å². The molecule has 0 atom stereocenters. The molecule has 1 aromatic rings. The predicted octanol–water partition coefficient (Wildman–Crippen LogP) is 2.25. The van der Waals surface area contributed by atoms with Crippen molar-refractivity contribution in [1.82, 2.24) is 0 Å². The number of benzene rings is 1. The van der Waals surface area contributed by atoms with Crippen LogP contribution >= 0.6 is 15.9 Å². The van der Waals surface area contributed by atoms with E-state index in [9.17, 15) is 0 Å². The third-order valence-electron chi connectivity index (χ3n) is 0.671. The minimum atomic E-state index is 1.01. The Morgan fingerprint density at radius 3 is 2.57 bits per heavy atom. The fraction of sp³-hybridized carbons (Fsp3) is 0. The van der Waals surface area contributed by atoms with Crippen LogP contribution in [0, 0.1) is 6.07 Å². The van der Waals surface area contributed by atoms with Gasteiger partial charge in [-0.2, -0.15) is 0 Å². The number of rotatable bonds is 0. The lowest BCUT2D eigenvalue weighted by Crippen LogP contribution is -1.57. The monoisotopic (exact) mass is 155 g/mol. The van der Waals surface area contributed by atoms with Crippen molar-refractivity contribution in [1.29, 1.82) is 0 Å². The van der Waals surface area contributed by atoms with Crippen molar-refractivity contribution in [2.75, 3.05) is 0 Å². The van der Waals surface area contributed by atoms with Crippen molar-refractivity contribution in [3.05, 3.63) is 34.8 Å². The minimum Gasteiger partial charge on any atom is -0.0616 e. The molecule has 0 heterocycles. The van der Waals surface area contributed by atoms with Gasteiger partial charge in [0.2, 0.25) is 0 Å². The first-order valence-corrected chi connectivity index (χ1v) is 2.81. The SMILES string of the molecule is Brc1[c]cccc1. The summed E-state index contributed by atoms with van der Waals surface area (Å²) in [6, 6.07) is 10.7. The van der Waals surface area contributed by atoms with Crippen molar-refractivity contribution in [3.63, 3.8) is 0 Å². The van der Waals surface area contributed by atoms with Crippen LogP contribution in [-0.2, 0) is 0 Å². The van der Waals surface area contributed by atoms with E-state index in [1.54, 1.807) is 0 Å². The van der Waals surface area contributed by atoms with Crippen LogP contribution in [0.3, 0.4) is 0 Å². The van der Waals surface area contributed by atoms with Crippen LogP contribution in [0.15, 0.2) is 28.7 Å². The Bertz CT molecular complexity index is 134. The highest BCUT2D eigenvalue weighted by Crippen LogP contribution is 2.04. The maximum absolute atomic E-state index is 3.26. The second-order valence-corrected chi connectivity index (χ2v) is 2.06. The molecule has 0 unspecified atom stereocenters. The van der Waals surface area contributed by atoms with E-state index in [2.05, 4.69) is 22.0 Å². The van der Waals surface area contributed by atoms with E-state index >= 15 is 0 Å². The van der Waals surface area contributed by atoms with E-state index < -0.39 is 0 Å². The molecule has 0 amide bonds. The number of halogens is 1. The van der Waals surface area contributed by atoms with Gasteiger partial charge in [-0.25, -0.2) is 0 Å². The van der Waals surface area contributed by atoms with Crippen LogP contribution in [0.25, 0.3) is 0 Å². The molecule has 0 aliphatic rings. The molecule has 0 aliphatic heterocycles. The molecule has 0 spiro atoms. The van der Waals surface area contributed by atoms with Crippen molar-refractivity contribution in [3.8, 4) is 0 Å². The van der Waals surface area contributed by atoms with Gasteiger partial charge in [0.25, 0.3) is 0 Å². The summed E-state index contributed by atoms with van der Waals surface area (Å²) in [6.07, 6.45) is 0. The van der Waals surface area contributed by atoms with Gasteiger partial charge in [0.05, 0.1) is 0 Å². The maximum Gasteiger partial charge on any atom is 0.0254 e. The Labute approximate surface area is 51.3 Å². The van der Waals surface area contributed by atoms with Gasteiger partial charge in [-0.3, -0.25) is 0 Å². The first kappa shape index (κ1) is 4.85. The maximum atomic E-state index is 3.26. The van der Waals surface area contributed by atoms with Crippen LogP contribution in [0.5, 0.6) is 0 Å². The lowest BCUT2D eigenvalue weighted by molar-refractivity contribution is 1.64. The van der Waals surface area contributed by atoms with Gasteiger partial charge in [0, 0.05) is 4.47 Å². The van der Waals surface area contributed by atoms with Crippen molar-refractivity contribution < 1.29 is 0 Å². The van der Waals surface area contributed by atoms with Crippen molar-refractivity contribution in [2.24, 2.45) is 0 Å². The largest absolute Gasteiger partial charge is 0.0616 e. The summed E-state index contributed by atoms with van der Waals surface area (Å²) in [6.45, 7) is 0. The highest BCUT2D eigenvalue weighted by molar-refractivity contribution is 9.10. The molecule has 1 aromatic carbocycles. The molecule has 0 saturated heterocycles. The highest BCUT2D eigenvalue weighted by Gasteiger charge is 1.75. The van der Waals surface area contributed by atoms with Crippen LogP contribution in [0.1, 0.15) is 0 Å². The molecule has 1 rings (SSSR count). The summed E-state index contributed by atoms with van der Waals surface area (Å²) in [4.78, 5) is 0. The van der Waals surface area contributed by atoms with Crippen molar-refractivity contribution >= 4 is 15.9 Å². The van der Waals surface area contributed by atoms with Gasteiger partial charge >= 0.3 is 0 Å². The predicted molar refractivity (Wildman–Crippen MR) is 33.0 cm³/mol. The summed E-state index contributed by atoms with van der Waals surface area (Å²) in [5.41, 5.74) is 0.